The molecule has 0 heterocycles. The Hall–Kier alpha value is -0.590. The Labute approximate surface area is 51.1 Å². The molecular formula is C7H13N. The lowest BCUT2D eigenvalue weighted by molar-refractivity contribution is 0.833. The smallest absolute Gasteiger partial charge is 0.0277 e. The van der Waals surface area contributed by atoms with Gasteiger partial charge in [0.2, 0.25) is 0 Å². The fourth-order valence-electron chi connectivity index (χ4n) is 0.358. The average molecular weight is 111 g/mol. The van der Waals surface area contributed by atoms with E-state index in [1.54, 1.807) is 13.3 Å². The van der Waals surface area contributed by atoms with Crippen molar-refractivity contribution in [2.45, 2.75) is 13.8 Å². The van der Waals surface area contributed by atoms with Crippen LogP contribution in [0.2, 0.25) is 0 Å². The van der Waals surface area contributed by atoms with Gasteiger partial charge in [0.1, 0.15) is 0 Å². The summed E-state index contributed by atoms with van der Waals surface area (Å²) in [7, 11) is 1.77. The van der Waals surface area contributed by atoms with Crippen LogP contribution < -0.4 is 0 Å². The number of rotatable bonds is 2. The van der Waals surface area contributed by atoms with Crippen molar-refractivity contribution >= 4 is 6.21 Å². The van der Waals surface area contributed by atoms with Crippen LogP contribution in [0.1, 0.15) is 13.8 Å². The average Bonchev–Trinajstić information content (AvgIpc) is 1.66. The Balaban J connectivity index is 3.34. The maximum Gasteiger partial charge on any atom is 0.0277 e. The van der Waals surface area contributed by atoms with E-state index in [0.717, 1.165) is 0 Å². The van der Waals surface area contributed by atoms with Crippen molar-refractivity contribution in [3.05, 3.63) is 12.2 Å². The number of allylic oxidation sites excluding steroid dienone is 2. The first-order chi connectivity index (χ1) is 3.77. The molecule has 0 aliphatic heterocycles. The molecule has 46 valence electrons. The maximum absolute atomic E-state index is 3.80. The van der Waals surface area contributed by atoms with Crippen LogP contribution in [0, 0.1) is 5.92 Å². The summed E-state index contributed by atoms with van der Waals surface area (Å²) in [6, 6.07) is 0. The monoisotopic (exact) mass is 111 g/mol. The summed E-state index contributed by atoms with van der Waals surface area (Å²) in [6.45, 7) is 4.28. The Kier molecular flexibility index (Phi) is 4.23. The first kappa shape index (κ1) is 7.41. The molecule has 0 saturated carbocycles. The standard InChI is InChI=1S/C7H13N/c1-7(2)5-4-6-8-3/h4-7H,1-3H3/b5-4-,8-6-. The molecule has 0 aromatic heterocycles. The molecule has 0 aromatic carbocycles. The second-order valence-electron chi connectivity index (χ2n) is 2.04. The highest BCUT2D eigenvalue weighted by molar-refractivity contribution is 5.70. The lowest BCUT2D eigenvalue weighted by atomic mass is 10.2. The van der Waals surface area contributed by atoms with E-state index in [-0.39, 0.29) is 0 Å². The highest BCUT2D eigenvalue weighted by Gasteiger charge is 1.78. The first-order valence-electron chi connectivity index (χ1n) is 2.86. The van der Waals surface area contributed by atoms with Gasteiger partial charge in [-0.05, 0) is 12.0 Å². The molecule has 0 spiro atoms. The second-order valence-corrected chi connectivity index (χ2v) is 2.04. The third-order valence-corrected chi connectivity index (χ3v) is 0.731. The SMILES string of the molecule is C/N=C\C=C/C(C)C. The molecule has 0 amide bonds. The molecule has 1 nitrogen and oxygen atoms in total. The molecule has 0 aromatic rings. The van der Waals surface area contributed by atoms with Crippen molar-refractivity contribution < 1.29 is 0 Å². The molecule has 0 atom stereocenters. The van der Waals surface area contributed by atoms with Crippen LogP contribution in [0.15, 0.2) is 17.1 Å². The van der Waals surface area contributed by atoms with Crippen LogP contribution >= 0.6 is 0 Å². The topological polar surface area (TPSA) is 12.4 Å². The molecule has 0 aliphatic rings. The Morgan fingerprint density at radius 2 is 2.00 bits per heavy atom. The number of aliphatic imine (C=N–C) groups is 1. The first-order valence-corrected chi connectivity index (χ1v) is 2.86. The van der Waals surface area contributed by atoms with Gasteiger partial charge in [-0.25, -0.2) is 0 Å². The van der Waals surface area contributed by atoms with Gasteiger partial charge in [0.15, 0.2) is 0 Å². The van der Waals surface area contributed by atoms with Crippen LogP contribution in [0.25, 0.3) is 0 Å². The van der Waals surface area contributed by atoms with E-state index in [1.807, 2.05) is 6.08 Å². The Bertz CT molecular complexity index is 90.6. The lowest BCUT2D eigenvalue weighted by Crippen LogP contribution is -1.76. The van der Waals surface area contributed by atoms with Gasteiger partial charge in [-0.3, -0.25) is 4.99 Å². The summed E-state index contributed by atoms with van der Waals surface area (Å²) >= 11 is 0. The Morgan fingerprint density at radius 1 is 1.38 bits per heavy atom. The predicted octanol–water partition coefficient (Wildman–Crippen LogP) is 1.90. The Morgan fingerprint density at radius 3 is 2.38 bits per heavy atom. The minimum atomic E-state index is 0.632. The van der Waals surface area contributed by atoms with Crippen LogP contribution in [-0.4, -0.2) is 13.3 Å². The fourth-order valence-corrected chi connectivity index (χ4v) is 0.358. The van der Waals surface area contributed by atoms with Gasteiger partial charge in [0, 0.05) is 13.3 Å². The van der Waals surface area contributed by atoms with Gasteiger partial charge in [0.25, 0.3) is 0 Å². The molecule has 0 unspecified atom stereocenters. The zero-order valence-electron chi connectivity index (χ0n) is 5.76. The molecule has 0 bridgehead atoms. The zero-order valence-corrected chi connectivity index (χ0v) is 5.76. The zero-order chi connectivity index (χ0) is 6.41. The van der Waals surface area contributed by atoms with Gasteiger partial charge >= 0.3 is 0 Å². The third kappa shape index (κ3) is 5.41. The van der Waals surface area contributed by atoms with Gasteiger partial charge in [0.05, 0.1) is 0 Å². The molecule has 1 heteroatoms. The molecule has 0 aliphatic carbocycles. The highest BCUT2D eigenvalue weighted by atomic mass is 14.6. The molecule has 0 fully saturated rings. The molecular weight excluding hydrogens is 98.1 g/mol. The summed E-state index contributed by atoms with van der Waals surface area (Å²) in [4.78, 5) is 3.80. The molecule has 0 N–H and O–H groups in total. The van der Waals surface area contributed by atoms with Crippen LogP contribution in [0.3, 0.4) is 0 Å². The van der Waals surface area contributed by atoms with Crippen molar-refractivity contribution in [3.63, 3.8) is 0 Å². The molecule has 0 radical (unpaired) electrons. The van der Waals surface area contributed by atoms with Gasteiger partial charge in [-0.15, -0.1) is 0 Å². The van der Waals surface area contributed by atoms with E-state index < -0.39 is 0 Å². The van der Waals surface area contributed by atoms with E-state index in [2.05, 4.69) is 24.9 Å². The molecule has 0 saturated heterocycles. The third-order valence-electron chi connectivity index (χ3n) is 0.731. The van der Waals surface area contributed by atoms with E-state index in [1.165, 1.54) is 0 Å². The van der Waals surface area contributed by atoms with Crippen molar-refractivity contribution in [1.29, 1.82) is 0 Å². The minimum Gasteiger partial charge on any atom is -0.297 e. The number of hydrogen-bond donors (Lipinski definition) is 0. The van der Waals surface area contributed by atoms with E-state index in [9.17, 15) is 0 Å². The highest BCUT2D eigenvalue weighted by Crippen LogP contribution is 1.90. The van der Waals surface area contributed by atoms with E-state index in [0.29, 0.717) is 5.92 Å². The van der Waals surface area contributed by atoms with E-state index in [4.69, 9.17) is 0 Å². The van der Waals surface area contributed by atoms with Gasteiger partial charge in [-0.1, -0.05) is 19.9 Å². The van der Waals surface area contributed by atoms with Crippen molar-refractivity contribution in [3.8, 4) is 0 Å². The minimum absolute atomic E-state index is 0.632. The summed E-state index contributed by atoms with van der Waals surface area (Å²) < 4.78 is 0. The maximum atomic E-state index is 3.80. The van der Waals surface area contributed by atoms with Gasteiger partial charge in [-0.2, -0.15) is 0 Å². The second kappa shape index (κ2) is 4.57. The normalized spacial score (nSPS) is 12.5. The van der Waals surface area contributed by atoms with E-state index >= 15 is 0 Å². The van der Waals surface area contributed by atoms with Crippen LogP contribution in [0.4, 0.5) is 0 Å². The van der Waals surface area contributed by atoms with Crippen molar-refractivity contribution in [1.82, 2.24) is 0 Å². The van der Waals surface area contributed by atoms with Gasteiger partial charge < -0.3 is 0 Å². The quantitative estimate of drug-likeness (QED) is 0.482. The summed E-state index contributed by atoms with van der Waals surface area (Å²) in [5.41, 5.74) is 0. The summed E-state index contributed by atoms with van der Waals surface area (Å²) in [6.07, 6.45) is 5.86. The number of nitrogens with zero attached hydrogens (tertiary/aromatic N) is 1. The van der Waals surface area contributed by atoms with Crippen molar-refractivity contribution in [2.24, 2.45) is 10.9 Å². The van der Waals surface area contributed by atoms with Crippen LogP contribution in [-0.2, 0) is 0 Å². The lowest BCUT2D eigenvalue weighted by Gasteiger charge is -1.87. The van der Waals surface area contributed by atoms with Crippen molar-refractivity contribution in [2.75, 3.05) is 7.05 Å². The number of hydrogen-bond acceptors (Lipinski definition) is 1. The van der Waals surface area contributed by atoms with Crippen LogP contribution in [0.5, 0.6) is 0 Å². The predicted molar refractivity (Wildman–Crippen MR) is 38.4 cm³/mol. The molecule has 8 heavy (non-hydrogen) atoms. The largest absolute Gasteiger partial charge is 0.297 e. The summed E-state index contributed by atoms with van der Waals surface area (Å²) in [5.74, 6) is 0.632. The summed E-state index contributed by atoms with van der Waals surface area (Å²) in [5, 5.41) is 0. The molecule has 0 rings (SSSR count). The fraction of sp³-hybridized carbons (Fsp3) is 0.571.